The number of aliphatic hydroxyl groups is 1. The summed E-state index contributed by atoms with van der Waals surface area (Å²) in [6, 6.07) is 0. The van der Waals surface area contributed by atoms with Crippen LogP contribution >= 0.6 is 0 Å². The molecular weight excluding hydrogens is 237 g/mol. The SMILES string of the molecule is CC(C)C[As](CC(C)C)CC(O)CN. The fraction of sp³-hybridized carbons (Fsp3) is 1.00. The van der Waals surface area contributed by atoms with Crippen molar-refractivity contribution in [2.45, 2.75) is 49.4 Å². The summed E-state index contributed by atoms with van der Waals surface area (Å²) in [6.07, 6.45) is -0.243. The van der Waals surface area contributed by atoms with E-state index < -0.39 is 14.7 Å². The summed E-state index contributed by atoms with van der Waals surface area (Å²) >= 11 is -0.824. The van der Waals surface area contributed by atoms with Crippen molar-refractivity contribution in [3.05, 3.63) is 0 Å². The second-order valence-electron chi connectivity index (χ2n) is 4.90. The van der Waals surface area contributed by atoms with Gasteiger partial charge in [-0.05, 0) is 0 Å². The van der Waals surface area contributed by atoms with E-state index in [1.807, 2.05) is 0 Å². The Hall–Kier alpha value is 0.478. The first-order valence-corrected chi connectivity index (χ1v) is 9.54. The van der Waals surface area contributed by atoms with Gasteiger partial charge in [0.1, 0.15) is 0 Å². The first-order chi connectivity index (χ1) is 6.45. The van der Waals surface area contributed by atoms with E-state index in [0.717, 1.165) is 17.0 Å². The standard InChI is InChI=1S/C11H26AsNO/c1-9(2)5-12(6-10(3)4)7-11(14)8-13/h9-11,14H,5-8,13H2,1-4H3. The third-order valence-corrected chi connectivity index (χ3v) is 9.19. The number of rotatable bonds is 7. The van der Waals surface area contributed by atoms with Crippen LogP contribution in [-0.4, -0.2) is 32.4 Å². The predicted molar refractivity (Wildman–Crippen MR) is 64.9 cm³/mol. The molecule has 0 aliphatic carbocycles. The summed E-state index contributed by atoms with van der Waals surface area (Å²) in [5.41, 5.74) is 5.46. The van der Waals surface area contributed by atoms with Crippen LogP contribution in [0.4, 0.5) is 0 Å². The molecule has 0 aromatic carbocycles. The van der Waals surface area contributed by atoms with Gasteiger partial charge in [-0.2, -0.15) is 0 Å². The van der Waals surface area contributed by atoms with Gasteiger partial charge >= 0.3 is 93.3 Å². The summed E-state index contributed by atoms with van der Waals surface area (Å²) in [6.45, 7) is 9.53. The Morgan fingerprint density at radius 1 is 1.00 bits per heavy atom. The monoisotopic (exact) mass is 263 g/mol. The van der Waals surface area contributed by atoms with E-state index in [-0.39, 0.29) is 6.10 Å². The molecule has 2 nitrogen and oxygen atoms in total. The third-order valence-electron chi connectivity index (χ3n) is 1.99. The zero-order valence-corrected chi connectivity index (χ0v) is 11.9. The molecule has 1 atom stereocenters. The van der Waals surface area contributed by atoms with E-state index in [0.29, 0.717) is 6.54 Å². The third kappa shape index (κ3) is 7.84. The maximum atomic E-state index is 9.57. The molecule has 0 fully saturated rings. The van der Waals surface area contributed by atoms with Gasteiger partial charge in [0.2, 0.25) is 0 Å². The molecule has 0 saturated carbocycles. The van der Waals surface area contributed by atoms with Crippen molar-refractivity contribution in [1.82, 2.24) is 0 Å². The predicted octanol–water partition coefficient (Wildman–Crippen LogP) is 2.11. The Bertz CT molecular complexity index is 129. The maximum absolute atomic E-state index is 9.57. The van der Waals surface area contributed by atoms with Crippen LogP contribution < -0.4 is 5.73 Å². The Morgan fingerprint density at radius 2 is 1.43 bits per heavy atom. The molecule has 0 aliphatic rings. The minimum absolute atomic E-state index is 0.243. The Balaban J connectivity index is 3.96. The minimum atomic E-state index is -0.824. The molecular formula is C11H26AsNO. The molecule has 0 amide bonds. The normalized spacial score (nSPS) is 14.4. The van der Waals surface area contributed by atoms with Crippen molar-refractivity contribution >= 4 is 14.7 Å². The summed E-state index contributed by atoms with van der Waals surface area (Å²) in [5, 5.41) is 13.3. The Morgan fingerprint density at radius 3 is 1.71 bits per heavy atom. The molecule has 0 heterocycles. The first-order valence-electron chi connectivity index (χ1n) is 5.56. The van der Waals surface area contributed by atoms with Crippen LogP contribution in [0.3, 0.4) is 0 Å². The number of hydrogen-bond acceptors (Lipinski definition) is 2. The molecule has 0 bridgehead atoms. The van der Waals surface area contributed by atoms with Gasteiger partial charge in [-0.25, -0.2) is 0 Å². The second kappa shape index (κ2) is 7.73. The van der Waals surface area contributed by atoms with Crippen LogP contribution in [0.2, 0.25) is 15.6 Å². The van der Waals surface area contributed by atoms with Crippen molar-refractivity contribution in [3.63, 3.8) is 0 Å². The van der Waals surface area contributed by atoms with E-state index in [2.05, 4.69) is 27.7 Å². The van der Waals surface area contributed by atoms with Crippen molar-refractivity contribution < 1.29 is 5.11 Å². The van der Waals surface area contributed by atoms with E-state index in [1.165, 1.54) is 10.4 Å². The summed E-state index contributed by atoms with van der Waals surface area (Å²) in [5.74, 6) is 1.55. The van der Waals surface area contributed by atoms with Crippen LogP contribution in [0.1, 0.15) is 27.7 Å². The molecule has 0 saturated heterocycles. The number of nitrogens with two attached hydrogens (primary N) is 1. The zero-order chi connectivity index (χ0) is 11.1. The molecule has 14 heavy (non-hydrogen) atoms. The average Bonchev–Trinajstić information content (AvgIpc) is 2.01. The van der Waals surface area contributed by atoms with Crippen molar-refractivity contribution in [3.8, 4) is 0 Å². The number of aliphatic hydroxyl groups excluding tert-OH is 1. The summed E-state index contributed by atoms with van der Waals surface area (Å²) in [4.78, 5) is 0. The van der Waals surface area contributed by atoms with Gasteiger partial charge in [-0.1, -0.05) is 0 Å². The van der Waals surface area contributed by atoms with Gasteiger partial charge in [0.25, 0.3) is 0 Å². The molecule has 3 N–H and O–H groups in total. The van der Waals surface area contributed by atoms with Gasteiger partial charge < -0.3 is 0 Å². The van der Waals surface area contributed by atoms with Gasteiger partial charge in [0.05, 0.1) is 0 Å². The first kappa shape index (κ1) is 14.5. The van der Waals surface area contributed by atoms with Gasteiger partial charge in [-0.15, -0.1) is 0 Å². The van der Waals surface area contributed by atoms with E-state index in [1.54, 1.807) is 0 Å². The second-order valence-corrected chi connectivity index (χ2v) is 10.0. The number of hydrogen-bond donors (Lipinski definition) is 2. The van der Waals surface area contributed by atoms with Crippen molar-refractivity contribution in [1.29, 1.82) is 0 Å². The van der Waals surface area contributed by atoms with Crippen LogP contribution in [0.5, 0.6) is 0 Å². The fourth-order valence-electron chi connectivity index (χ4n) is 1.63. The van der Waals surface area contributed by atoms with Crippen molar-refractivity contribution in [2.24, 2.45) is 17.6 Å². The Kier molecular flexibility index (Phi) is 7.99. The molecule has 86 valence electrons. The summed E-state index contributed by atoms with van der Waals surface area (Å²) < 4.78 is 0. The molecule has 3 heteroatoms. The molecule has 0 aromatic rings. The molecule has 0 rings (SSSR count). The van der Waals surface area contributed by atoms with Gasteiger partial charge in [0, 0.05) is 0 Å². The zero-order valence-electron chi connectivity index (χ0n) is 10.0. The van der Waals surface area contributed by atoms with Crippen molar-refractivity contribution in [2.75, 3.05) is 6.54 Å². The molecule has 1 unspecified atom stereocenters. The van der Waals surface area contributed by atoms with E-state index in [4.69, 9.17) is 5.73 Å². The van der Waals surface area contributed by atoms with Gasteiger partial charge in [-0.3, -0.25) is 0 Å². The van der Waals surface area contributed by atoms with Crippen LogP contribution in [0.15, 0.2) is 0 Å². The van der Waals surface area contributed by atoms with E-state index >= 15 is 0 Å². The molecule has 0 aliphatic heterocycles. The topological polar surface area (TPSA) is 46.2 Å². The van der Waals surface area contributed by atoms with Crippen LogP contribution in [0.25, 0.3) is 0 Å². The van der Waals surface area contributed by atoms with E-state index in [9.17, 15) is 5.11 Å². The van der Waals surface area contributed by atoms with Gasteiger partial charge in [0.15, 0.2) is 0 Å². The summed E-state index contributed by atoms with van der Waals surface area (Å²) in [7, 11) is 0. The van der Waals surface area contributed by atoms with Crippen LogP contribution in [0, 0.1) is 11.8 Å². The molecule has 0 radical (unpaired) electrons. The molecule has 0 spiro atoms. The molecule has 0 aromatic heterocycles. The Labute approximate surface area is 93.5 Å². The fourth-order valence-corrected chi connectivity index (χ4v) is 8.46. The van der Waals surface area contributed by atoms with Crippen LogP contribution in [-0.2, 0) is 0 Å². The quantitative estimate of drug-likeness (QED) is 0.691. The average molecular weight is 263 g/mol.